The quantitative estimate of drug-likeness (QED) is 0.478. The molecule has 0 aliphatic heterocycles. The van der Waals surface area contributed by atoms with Crippen LogP contribution in [0, 0.1) is 10.1 Å². The van der Waals surface area contributed by atoms with Crippen molar-refractivity contribution in [2.45, 2.75) is 13.0 Å². The lowest BCUT2D eigenvalue weighted by Crippen LogP contribution is -2.09. The number of nitro benzene ring substituents is 1. The lowest BCUT2D eigenvalue weighted by atomic mass is 10.1. The molecule has 0 aliphatic carbocycles. The van der Waals surface area contributed by atoms with Gasteiger partial charge >= 0.3 is 0 Å². The van der Waals surface area contributed by atoms with Gasteiger partial charge in [0.05, 0.1) is 11.0 Å². The summed E-state index contributed by atoms with van der Waals surface area (Å²) in [4.78, 5) is 10.7. The summed E-state index contributed by atoms with van der Waals surface area (Å²) < 4.78 is 1.55. The van der Waals surface area contributed by atoms with Crippen LogP contribution in [0.1, 0.15) is 18.5 Å². The lowest BCUT2D eigenvalue weighted by Gasteiger charge is -2.17. The molecule has 1 N–H and O–H groups in total. The van der Waals surface area contributed by atoms with Gasteiger partial charge in [-0.15, -0.1) is 0 Å². The first-order valence-electron chi connectivity index (χ1n) is 6.04. The van der Waals surface area contributed by atoms with E-state index in [4.69, 9.17) is 11.6 Å². The van der Waals surface area contributed by atoms with Gasteiger partial charge in [0.2, 0.25) is 0 Å². The van der Waals surface area contributed by atoms with Gasteiger partial charge in [-0.3, -0.25) is 10.1 Å². The standard InChI is InChI=1S/C14H11Br2ClN2O2/c1-8(11-4-2-9(15)6-12(11)17)18-13-5-3-10(16)7-14(13)19(20)21/h2-8,18H,1H3. The molecule has 2 rings (SSSR count). The Bertz CT molecular complexity index is 695. The molecule has 0 saturated carbocycles. The van der Waals surface area contributed by atoms with Gasteiger partial charge in [0, 0.05) is 20.0 Å². The largest absolute Gasteiger partial charge is 0.373 e. The van der Waals surface area contributed by atoms with Crippen LogP contribution in [0.25, 0.3) is 0 Å². The first-order valence-corrected chi connectivity index (χ1v) is 8.00. The van der Waals surface area contributed by atoms with Crippen molar-refractivity contribution in [2.24, 2.45) is 0 Å². The summed E-state index contributed by atoms with van der Waals surface area (Å²) in [6.07, 6.45) is 0. The molecule has 1 unspecified atom stereocenters. The Morgan fingerprint density at radius 3 is 2.43 bits per heavy atom. The van der Waals surface area contributed by atoms with Gasteiger partial charge in [0.15, 0.2) is 0 Å². The number of benzene rings is 2. The first-order chi connectivity index (χ1) is 9.88. The van der Waals surface area contributed by atoms with Gasteiger partial charge in [-0.2, -0.15) is 0 Å². The number of nitro groups is 1. The molecule has 0 fully saturated rings. The van der Waals surface area contributed by atoms with E-state index in [1.807, 2.05) is 19.1 Å². The number of nitrogens with zero attached hydrogens (tertiary/aromatic N) is 1. The third-order valence-corrected chi connectivity index (χ3v) is 4.27. The minimum atomic E-state index is -0.414. The van der Waals surface area contributed by atoms with E-state index in [9.17, 15) is 10.1 Å². The van der Waals surface area contributed by atoms with Crippen LogP contribution in [0.4, 0.5) is 11.4 Å². The molecule has 21 heavy (non-hydrogen) atoms. The molecular formula is C14H11Br2ClN2O2. The molecule has 0 heterocycles. The lowest BCUT2D eigenvalue weighted by molar-refractivity contribution is -0.384. The smallest absolute Gasteiger partial charge is 0.293 e. The van der Waals surface area contributed by atoms with E-state index in [0.717, 1.165) is 10.0 Å². The third kappa shape index (κ3) is 3.96. The minimum Gasteiger partial charge on any atom is -0.373 e. The molecule has 4 nitrogen and oxygen atoms in total. The van der Waals surface area contributed by atoms with Crippen molar-refractivity contribution in [3.8, 4) is 0 Å². The zero-order valence-electron chi connectivity index (χ0n) is 10.9. The van der Waals surface area contributed by atoms with Crippen LogP contribution >= 0.6 is 43.5 Å². The minimum absolute atomic E-state index is 0.0180. The Morgan fingerprint density at radius 1 is 1.19 bits per heavy atom. The summed E-state index contributed by atoms with van der Waals surface area (Å²) in [5, 5.41) is 14.9. The predicted molar refractivity (Wildman–Crippen MR) is 92.0 cm³/mol. The second-order valence-corrected chi connectivity index (χ2v) is 6.69. The summed E-state index contributed by atoms with van der Waals surface area (Å²) >= 11 is 12.8. The van der Waals surface area contributed by atoms with Crippen LogP contribution in [0.15, 0.2) is 45.3 Å². The van der Waals surface area contributed by atoms with Crippen molar-refractivity contribution in [3.63, 3.8) is 0 Å². The maximum Gasteiger partial charge on any atom is 0.293 e. The summed E-state index contributed by atoms with van der Waals surface area (Å²) in [5.74, 6) is 0. The molecule has 2 aromatic carbocycles. The molecule has 0 saturated heterocycles. The van der Waals surface area contributed by atoms with Crippen molar-refractivity contribution < 1.29 is 4.92 Å². The third-order valence-electron chi connectivity index (χ3n) is 2.96. The molecule has 2 aromatic rings. The van der Waals surface area contributed by atoms with Gasteiger partial charge in [0.25, 0.3) is 5.69 Å². The molecule has 0 aliphatic rings. The molecule has 110 valence electrons. The highest BCUT2D eigenvalue weighted by Gasteiger charge is 2.17. The maximum absolute atomic E-state index is 11.1. The van der Waals surface area contributed by atoms with Crippen LogP contribution < -0.4 is 5.32 Å². The Balaban J connectivity index is 2.31. The molecule has 0 spiro atoms. The fraction of sp³-hybridized carbons (Fsp3) is 0.143. The summed E-state index contributed by atoms with van der Waals surface area (Å²) in [6, 6.07) is 10.3. The molecule has 7 heteroatoms. The number of hydrogen-bond acceptors (Lipinski definition) is 3. The van der Waals surface area contributed by atoms with Gasteiger partial charge < -0.3 is 5.32 Å². The van der Waals surface area contributed by atoms with Gasteiger partial charge in [-0.1, -0.05) is 49.5 Å². The first kappa shape index (κ1) is 16.3. The van der Waals surface area contributed by atoms with Crippen LogP contribution in [0.3, 0.4) is 0 Å². The van der Waals surface area contributed by atoms with Crippen LogP contribution in [-0.2, 0) is 0 Å². The highest BCUT2D eigenvalue weighted by Crippen LogP contribution is 2.33. The second kappa shape index (κ2) is 6.77. The highest BCUT2D eigenvalue weighted by atomic mass is 79.9. The molecule has 1 atom stereocenters. The summed E-state index contributed by atoms with van der Waals surface area (Å²) in [6.45, 7) is 1.90. The summed E-state index contributed by atoms with van der Waals surface area (Å²) in [7, 11) is 0. The topological polar surface area (TPSA) is 55.2 Å². The number of nitrogens with one attached hydrogen (secondary N) is 1. The Morgan fingerprint density at radius 2 is 1.81 bits per heavy atom. The normalized spacial score (nSPS) is 12.0. The van der Waals surface area contributed by atoms with E-state index in [1.165, 1.54) is 6.07 Å². The Hall–Kier alpha value is -1.11. The van der Waals surface area contributed by atoms with Crippen molar-refractivity contribution in [1.29, 1.82) is 0 Å². The zero-order valence-corrected chi connectivity index (χ0v) is 14.9. The van der Waals surface area contributed by atoms with Crippen LogP contribution in [-0.4, -0.2) is 4.92 Å². The monoisotopic (exact) mass is 432 g/mol. The van der Waals surface area contributed by atoms with Crippen LogP contribution in [0.2, 0.25) is 5.02 Å². The van der Waals surface area contributed by atoms with E-state index in [0.29, 0.717) is 15.2 Å². The van der Waals surface area contributed by atoms with Gasteiger partial charge in [-0.25, -0.2) is 0 Å². The Kier molecular flexibility index (Phi) is 5.24. The maximum atomic E-state index is 11.1. The zero-order chi connectivity index (χ0) is 15.6. The Labute approximate surface area is 143 Å². The molecule has 0 radical (unpaired) electrons. The second-order valence-electron chi connectivity index (χ2n) is 4.45. The van der Waals surface area contributed by atoms with Crippen molar-refractivity contribution >= 4 is 54.8 Å². The van der Waals surface area contributed by atoms with E-state index < -0.39 is 4.92 Å². The highest BCUT2D eigenvalue weighted by molar-refractivity contribution is 9.10. The fourth-order valence-electron chi connectivity index (χ4n) is 1.94. The van der Waals surface area contributed by atoms with E-state index in [2.05, 4.69) is 37.2 Å². The number of hydrogen-bond donors (Lipinski definition) is 1. The molecule has 0 bridgehead atoms. The van der Waals surface area contributed by atoms with E-state index in [-0.39, 0.29) is 11.7 Å². The van der Waals surface area contributed by atoms with Crippen molar-refractivity contribution in [1.82, 2.24) is 0 Å². The molecular weight excluding hydrogens is 423 g/mol. The van der Waals surface area contributed by atoms with Crippen LogP contribution in [0.5, 0.6) is 0 Å². The predicted octanol–water partition coefficient (Wildman–Crippen LogP) is 5.95. The van der Waals surface area contributed by atoms with Gasteiger partial charge in [0.1, 0.15) is 5.69 Å². The summed E-state index contributed by atoms with van der Waals surface area (Å²) in [5.41, 5.74) is 1.34. The van der Waals surface area contributed by atoms with Crippen molar-refractivity contribution in [2.75, 3.05) is 5.32 Å². The van der Waals surface area contributed by atoms with Crippen molar-refractivity contribution in [3.05, 3.63) is 66.0 Å². The SMILES string of the molecule is CC(Nc1ccc(Br)cc1[N+](=O)[O-])c1ccc(Br)cc1Cl. The average molecular weight is 435 g/mol. The number of anilines is 1. The molecule has 0 amide bonds. The number of rotatable bonds is 4. The fourth-order valence-corrected chi connectivity index (χ4v) is 3.13. The van der Waals surface area contributed by atoms with Gasteiger partial charge in [-0.05, 0) is 36.8 Å². The molecule has 0 aromatic heterocycles. The van der Waals surface area contributed by atoms with E-state index in [1.54, 1.807) is 18.2 Å². The average Bonchev–Trinajstić information content (AvgIpc) is 2.40. The number of halogens is 3. The van der Waals surface area contributed by atoms with E-state index >= 15 is 0 Å².